The van der Waals surface area contributed by atoms with Gasteiger partial charge >= 0.3 is 0 Å². The molecule has 5 nitrogen and oxygen atoms in total. The molecule has 1 N–H and O–H groups in total. The Morgan fingerprint density at radius 2 is 1.75 bits per heavy atom. The van der Waals surface area contributed by atoms with E-state index in [4.69, 9.17) is 13.9 Å². The zero-order chi connectivity index (χ0) is 23.2. The lowest BCUT2D eigenvalue weighted by Gasteiger charge is -2.41. The van der Waals surface area contributed by atoms with Gasteiger partial charge in [0.2, 0.25) is 6.79 Å². The second-order valence-electron chi connectivity index (χ2n) is 9.47. The van der Waals surface area contributed by atoms with Crippen molar-refractivity contribution in [1.82, 2.24) is 5.32 Å². The fourth-order valence-electron chi connectivity index (χ4n) is 4.59. The van der Waals surface area contributed by atoms with Crippen molar-refractivity contribution in [3.63, 3.8) is 0 Å². The van der Waals surface area contributed by atoms with Crippen LogP contribution in [0.4, 0.5) is 0 Å². The first kappa shape index (κ1) is 24.3. The molecule has 2 aromatic rings. The summed E-state index contributed by atoms with van der Waals surface area (Å²) in [6, 6.07) is 17.6. The predicted molar refractivity (Wildman–Crippen MR) is 131 cm³/mol. The van der Waals surface area contributed by atoms with Crippen LogP contribution in [-0.4, -0.2) is 34.2 Å². The van der Waals surface area contributed by atoms with Crippen LogP contribution < -0.4 is 14.8 Å². The van der Waals surface area contributed by atoms with Crippen LogP contribution in [0.1, 0.15) is 62.9 Å². The molecule has 3 rings (SSSR count). The first-order chi connectivity index (χ1) is 15.3. The average Bonchev–Trinajstić information content (AvgIpc) is 3.26. The molecule has 1 heterocycles. The maximum Gasteiger partial charge on any atom is 0.251 e. The Morgan fingerprint density at radius 3 is 2.41 bits per heavy atom. The Bertz CT molecular complexity index is 890. The van der Waals surface area contributed by atoms with Gasteiger partial charge in [0, 0.05) is 24.6 Å². The fourth-order valence-corrected chi connectivity index (χ4v) is 8.56. The molecule has 1 atom stereocenters. The Kier molecular flexibility index (Phi) is 8.01. The fraction of sp³-hybridized carbons (Fsp3) is 0.500. The van der Waals surface area contributed by atoms with Crippen LogP contribution in [0.2, 0.25) is 17.1 Å². The van der Waals surface area contributed by atoms with Gasteiger partial charge in [-0.2, -0.15) is 0 Å². The minimum absolute atomic E-state index is 0.0576. The number of hydrogen-bond donors (Lipinski definition) is 1. The lowest BCUT2D eigenvalue weighted by atomic mass is 9.95. The average molecular weight is 456 g/mol. The van der Waals surface area contributed by atoms with E-state index in [-0.39, 0.29) is 23.7 Å². The predicted octanol–water partition coefficient (Wildman–Crippen LogP) is 6.12. The van der Waals surface area contributed by atoms with Gasteiger partial charge < -0.3 is 19.2 Å². The molecule has 0 bridgehead atoms. The molecule has 0 spiro atoms. The number of carbonyl (C=O) groups is 1. The van der Waals surface area contributed by atoms with Crippen molar-refractivity contribution < 1.29 is 18.7 Å². The van der Waals surface area contributed by atoms with Gasteiger partial charge in [-0.05, 0) is 53.4 Å². The van der Waals surface area contributed by atoms with Crippen LogP contribution >= 0.6 is 0 Å². The summed E-state index contributed by atoms with van der Waals surface area (Å²) in [5, 5.41) is 3.30. The number of amides is 1. The third-order valence-electron chi connectivity index (χ3n) is 6.77. The lowest BCUT2D eigenvalue weighted by molar-refractivity contribution is 0.0949. The highest BCUT2D eigenvalue weighted by molar-refractivity contribution is 6.76. The summed E-state index contributed by atoms with van der Waals surface area (Å²) < 4.78 is 17.8. The minimum Gasteiger partial charge on any atom is -0.454 e. The zero-order valence-electron chi connectivity index (χ0n) is 20.1. The Labute approximate surface area is 193 Å². The largest absolute Gasteiger partial charge is 0.454 e. The van der Waals surface area contributed by atoms with Gasteiger partial charge in [0.15, 0.2) is 19.8 Å². The molecule has 1 unspecified atom stereocenters. The Morgan fingerprint density at radius 1 is 1.06 bits per heavy atom. The zero-order valence-corrected chi connectivity index (χ0v) is 21.1. The van der Waals surface area contributed by atoms with Gasteiger partial charge in [-0.25, -0.2) is 0 Å². The highest BCUT2D eigenvalue weighted by atomic mass is 28.4. The summed E-state index contributed by atoms with van der Waals surface area (Å²) in [7, 11) is -1.86. The summed E-state index contributed by atoms with van der Waals surface area (Å²) in [5.41, 5.74) is 1.80. The van der Waals surface area contributed by atoms with Crippen LogP contribution in [0.15, 0.2) is 48.5 Å². The SMILES string of the molecule is CC[Si](CC)(OCCC(CNC(=O)c1ccccc1)c1ccc2c(c1)OCO2)C(C)(C)C. The molecule has 0 saturated heterocycles. The highest BCUT2D eigenvalue weighted by Crippen LogP contribution is 2.42. The van der Waals surface area contributed by atoms with Gasteiger partial charge in [-0.3, -0.25) is 4.79 Å². The van der Waals surface area contributed by atoms with Crippen molar-refractivity contribution in [2.24, 2.45) is 0 Å². The number of nitrogens with one attached hydrogen (secondary N) is 1. The number of fused-ring (bicyclic) bond motifs is 1. The Hall–Kier alpha value is -2.31. The third-order valence-corrected chi connectivity index (χ3v) is 12.5. The molecule has 6 heteroatoms. The van der Waals surface area contributed by atoms with E-state index in [2.05, 4.69) is 46.0 Å². The summed E-state index contributed by atoms with van der Waals surface area (Å²) in [6.07, 6.45) is 0.833. The standard InChI is InChI=1S/C26H37NO4Si/c1-6-32(7-2,26(3,4)5)31-16-15-22(18-27-25(28)20-11-9-8-10-12-20)21-13-14-23-24(17-21)30-19-29-23/h8-14,17,22H,6-7,15-16,18-19H2,1-5H3,(H,27,28). The molecule has 174 valence electrons. The van der Waals surface area contributed by atoms with E-state index in [1.807, 2.05) is 42.5 Å². The molecule has 1 aliphatic rings. The Balaban J connectivity index is 1.72. The number of benzene rings is 2. The van der Waals surface area contributed by atoms with Gasteiger partial charge in [-0.1, -0.05) is 58.9 Å². The summed E-state index contributed by atoms with van der Waals surface area (Å²) in [5.74, 6) is 1.60. The van der Waals surface area contributed by atoms with E-state index in [1.165, 1.54) is 0 Å². The van der Waals surface area contributed by atoms with Crippen LogP contribution in [0.25, 0.3) is 0 Å². The molecule has 1 aliphatic heterocycles. The topological polar surface area (TPSA) is 56.8 Å². The molecular formula is C26H37NO4Si. The molecule has 1 amide bonds. The van der Waals surface area contributed by atoms with Crippen molar-refractivity contribution in [1.29, 1.82) is 0 Å². The maximum absolute atomic E-state index is 12.6. The molecule has 0 radical (unpaired) electrons. The van der Waals surface area contributed by atoms with Gasteiger partial charge in [-0.15, -0.1) is 0 Å². The lowest BCUT2D eigenvalue weighted by Crippen LogP contribution is -2.46. The molecule has 0 fully saturated rings. The van der Waals surface area contributed by atoms with E-state index >= 15 is 0 Å². The monoisotopic (exact) mass is 455 g/mol. The number of hydrogen-bond acceptors (Lipinski definition) is 4. The third kappa shape index (κ3) is 5.53. The smallest absolute Gasteiger partial charge is 0.251 e. The van der Waals surface area contributed by atoms with E-state index in [9.17, 15) is 4.79 Å². The van der Waals surface area contributed by atoms with Gasteiger partial charge in [0.1, 0.15) is 0 Å². The van der Waals surface area contributed by atoms with Crippen molar-refractivity contribution in [3.8, 4) is 11.5 Å². The first-order valence-electron chi connectivity index (χ1n) is 11.7. The summed E-state index contributed by atoms with van der Waals surface area (Å²) >= 11 is 0. The van der Waals surface area contributed by atoms with Gasteiger partial charge in [0.25, 0.3) is 5.91 Å². The summed E-state index contributed by atoms with van der Waals surface area (Å²) in [4.78, 5) is 12.6. The van der Waals surface area contributed by atoms with E-state index in [1.54, 1.807) is 0 Å². The molecule has 0 aliphatic carbocycles. The first-order valence-corrected chi connectivity index (χ1v) is 14.0. The highest BCUT2D eigenvalue weighted by Gasteiger charge is 2.43. The van der Waals surface area contributed by atoms with E-state index in [0.29, 0.717) is 18.7 Å². The van der Waals surface area contributed by atoms with Crippen molar-refractivity contribution in [2.45, 2.75) is 64.1 Å². The normalized spacial score (nSPS) is 14.3. The van der Waals surface area contributed by atoms with Crippen LogP contribution in [-0.2, 0) is 4.43 Å². The minimum atomic E-state index is -1.86. The molecule has 0 aromatic heterocycles. The van der Waals surface area contributed by atoms with E-state index < -0.39 is 8.32 Å². The van der Waals surface area contributed by atoms with Gasteiger partial charge in [0.05, 0.1) is 0 Å². The molecule has 2 aromatic carbocycles. The number of rotatable bonds is 10. The second kappa shape index (κ2) is 10.5. The number of carbonyl (C=O) groups excluding carboxylic acids is 1. The van der Waals surface area contributed by atoms with Crippen LogP contribution in [0.3, 0.4) is 0 Å². The van der Waals surface area contributed by atoms with Crippen molar-refractivity contribution in [2.75, 3.05) is 19.9 Å². The van der Waals surface area contributed by atoms with Crippen LogP contribution in [0.5, 0.6) is 11.5 Å². The van der Waals surface area contributed by atoms with Crippen molar-refractivity contribution in [3.05, 3.63) is 59.7 Å². The van der Waals surface area contributed by atoms with E-state index in [0.717, 1.165) is 35.6 Å². The number of ether oxygens (including phenoxy) is 2. The molecular weight excluding hydrogens is 418 g/mol. The quantitative estimate of drug-likeness (QED) is 0.438. The van der Waals surface area contributed by atoms with Crippen LogP contribution in [0, 0.1) is 0 Å². The maximum atomic E-state index is 12.6. The summed E-state index contributed by atoms with van der Waals surface area (Å²) in [6.45, 7) is 12.9. The molecule has 0 saturated carbocycles. The van der Waals surface area contributed by atoms with Crippen molar-refractivity contribution >= 4 is 14.2 Å². The molecule has 32 heavy (non-hydrogen) atoms. The second-order valence-corrected chi connectivity index (χ2v) is 14.7.